The summed E-state index contributed by atoms with van der Waals surface area (Å²) >= 11 is 0. The number of alkyl halides is 5. The van der Waals surface area contributed by atoms with Crippen molar-refractivity contribution in [2.45, 2.75) is 18.6 Å². The molecule has 1 aliphatic rings. The van der Waals surface area contributed by atoms with E-state index in [1.54, 1.807) is 30.7 Å². The minimum atomic E-state index is -5.86. The molecule has 186 valence electrons. The van der Waals surface area contributed by atoms with Crippen LogP contribution in [0.2, 0.25) is 0 Å². The number of nitrogens with one attached hydrogen (secondary N) is 2. The van der Waals surface area contributed by atoms with Gasteiger partial charge in [-0.25, -0.2) is 0 Å². The molecule has 2 heterocycles. The maximum absolute atomic E-state index is 13.2. The zero-order valence-corrected chi connectivity index (χ0v) is 20.7. The number of benzene rings is 2. The van der Waals surface area contributed by atoms with Crippen LogP contribution in [0.1, 0.15) is 0 Å². The molecule has 9 nitrogen and oxygen atoms in total. The number of hydrogen-bond acceptors (Lipinski definition) is 7. The van der Waals surface area contributed by atoms with Crippen LogP contribution in [0.15, 0.2) is 48.5 Å². The van der Waals surface area contributed by atoms with Crippen LogP contribution in [0.4, 0.5) is 33.6 Å². The van der Waals surface area contributed by atoms with Crippen molar-refractivity contribution in [1.82, 2.24) is 14.8 Å². The van der Waals surface area contributed by atoms with Crippen LogP contribution in [0.3, 0.4) is 0 Å². The van der Waals surface area contributed by atoms with Gasteiger partial charge >= 0.3 is 41.8 Å². The molecule has 1 amide bonds. The van der Waals surface area contributed by atoms with E-state index in [0.29, 0.717) is 30.2 Å². The Morgan fingerprint density at radius 2 is 1.67 bits per heavy atom. The van der Waals surface area contributed by atoms with Crippen molar-refractivity contribution in [3.05, 3.63) is 48.5 Å². The van der Waals surface area contributed by atoms with Gasteiger partial charge in [-0.1, -0.05) is 12.1 Å². The summed E-state index contributed by atoms with van der Waals surface area (Å²) in [4.78, 5) is 14.9. The van der Waals surface area contributed by atoms with Gasteiger partial charge in [-0.2, -0.15) is 31.6 Å². The van der Waals surface area contributed by atoms with Gasteiger partial charge in [0.1, 0.15) is 5.75 Å². The number of amides is 1. The Kier molecular flexibility index (Phi) is 8.89. The standard InChI is InChI=1S/C21H17F5N5O4.Na/c22-20(23,24)21(25,26)35-16-7-5-15(6-8-16)31-19(27-11-17-33-9-10-34-17)29-18(30-31)13-1-3-14(4-2-13)28-12-32;/h1-8,17H,9-11H2,(H,28,32)(H,27,29,30);/q-1;+1. The fourth-order valence-corrected chi connectivity index (χ4v) is 3.05. The summed E-state index contributed by atoms with van der Waals surface area (Å²) in [5.41, 5.74) is 1.39. The van der Waals surface area contributed by atoms with Gasteiger partial charge in [-0.05, 0) is 24.3 Å². The van der Waals surface area contributed by atoms with Crippen molar-refractivity contribution < 1.29 is 70.5 Å². The molecule has 15 heteroatoms. The number of hydrogen-bond donors (Lipinski definition) is 2. The van der Waals surface area contributed by atoms with Gasteiger partial charge in [0.05, 0.1) is 31.9 Å². The van der Waals surface area contributed by atoms with Crippen molar-refractivity contribution >= 4 is 18.0 Å². The minimum Gasteiger partial charge on any atom is -0.490 e. The summed E-state index contributed by atoms with van der Waals surface area (Å²) in [6.07, 6.45) is -10.2. The van der Waals surface area contributed by atoms with E-state index in [2.05, 4.69) is 25.5 Å². The van der Waals surface area contributed by atoms with E-state index in [9.17, 15) is 26.7 Å². The first kappa shape index (κ1) is 27.8. The third-order valence-electron chi connectivity index (χ3n) is 4.72. The summed E-state index contributed by atoms with van der Waals surface area (Å²) in [7, 11) is 0. The van der Waals surface area contributed by atoms with Crippen LogP contribution < -0.4 is 44.9 Å². The van der Waals surface area contributed by atoms with E-state index in [1.165, 1.54) is 16.8 Å². The van der Waals surface area contributed by atoms with Crippen LogP contribution in [0, 0.1) is 0 Å². The molecule has 2 N–H and O–H groups in total. The molecule has 1 fully saturated rings. The molecule has 4 rings (SSSR count). The molecule has 0 atom stereocenters. The fraction of sp³-hybridized carbons (Fsp3) is 0.286. The van der Waals surface area contributed by atoms with E-state index < -0.39 is 24.3 Å². The quantitative estimate of drug-likeness (QED) is 0.186. The first-order valence-corrected chi connectivity index (χ1v) is 10.1. The second-order valence-corrected chi connectivity index (χ2v) is 7.14. The van der Waals surface area contributed by atoms with Gasteiger partial charge in [0.2, 0.25) is 5.95 Å². The molecule has 1 aliphatic heterocycles. The molecule has 0 aliphatic carbocycles. The number of halogens is 5. The van der Waals surface area contributed by atoms with Crippen molar-refractivity contribution in [1.29, 1.82) is 0 Å². The van der Waals surface area contributed by atoms with E-state index >= 15 is 0 Å². The first-order valence-electron chi connectivity index (χ1n) is 10.1. The number of carbonyl (C=O) groups excluding carboxylic acids is 1. The van der Waals surface area contributed by atoms with Crippen molar-refractivity contribution in [2.24, 2.45) is 0 Å². The van der Waals surface area contributed by atoms with Gasteiger partial charge in [-0.3, -0.25) is 0 Å². The molecule has 36 heavy (non-hydrogen) atoms. The smallest absolute Gasteiger partial charge is 0.490 e. The third kappa shape index (κ3) is 6.50. The van der Waals surface area contributed by atoms with E-state index in [4.69, 9.17) is 9.47 Å². The summed E-state index contributed by atoms with van der Waals surface area (Å²) in [6.45, 7) is 1.09. The van der Waals surface area contributed by atoms with Crippen LogP contribution in [0.5, 0.6) is 5.75 Å². The van der Waals surface area contributed by atoms with E-state index in [0.717, 1.165) is 12.1 Å². The second kappa shape index (κ2) is 11.5. The Balaban J connectivity index is 0.00000361. The molecule has 0 radical (unpaired) electrons. The molecule has 3 aromatic rings. The summed E-state index contributed by atoms with van der Waals surface area (Å²) in [5.74, 6) is -0.183. The summed E-state index contributed by atoms with van der Waals surface area (Å²) in [5, 5.41) is 9.82. The number of aromatic nitrogens is 3. The Morgan fingerprint density at radius 1 is 1.03 bits per heavy atom. The predicted octanol–water partition coefficient (Wildman–Crippen LogP) is 0.736. The van der Waals surface area contributed by atoms with Gasteiger partial charge in [0, 0.05) is 5.56 Å². The number of ether oxygens (including phenoxy) is 3. The maximum atomic E-state index is 13.2. The SMILES string of the molecule is O=[C-]Nc1ccc(-c2nc(NCC3OCCO3)n(-c3ccc(OC(F)(F)C(F)(F)F)cc3)n2)cc1.[Na+]. The van der Waals surface area contributed by atoms with Gasteiger partial charge in [0.15, 0.2) is 12.1 Å². The topological polar surface area (TPSA) is 99.5 Å². The molecule has 2 aromatic carbocycles. The normalized spacial score (nSPS) is 14.2. The maximum Gasteiger partial charge on any atom is 1.00 e. The molecule has 1 saturated heterocycles. The molecule has 0 saturated carbocycles. The average molecular weight is 521 g/mol. The molecule has 0 bridgehead atoms. The first-order chi connectivity index (χ1) is 16.7. The van der Waals surface area contributed by atoms with Crippen molar-refractivity contribution in [3.8, 4) is 22.8 Å². The van der Waals surface area contributed by atoms with E-state index in [1.807, 2.05) is 0 Å². The Labute approximate surface area is 223 Å². The molecular weight excluding hydrogens is 504 g/mol. The zero-order valence-electron chi connectivity index (χ0n) is 18.7. The van der Waals surface area contributed by atoms with Gasteiger partial charge in [-0.15, -0.1) is 22.9 Å². The predicted molar refractivity (Wildman–Crippen MR) is 112 cm³/mol. The summed E-state index contributed by atoms with van der Waals surface area (Å²) in [6, 6.07) is 11.0. The third-order valence-corrected chi connectivity index (χ3v) is 4.72. The number of nitrogens with zero attached hydrogens (tertiary/aromatic N) is 3. The largest absolute Gasteiger partial charge is 1.00 e. The summed E-state index contributed by atoms with van der Waals surface area (Å²) < 4.78 is 79.5. The van der Waals surface area contributed by atoms with Crippen LogP contribution >= 0.6 is 0 Å². The van der Waals surface area contributed by atoms with Gasteiger partial charge in [0.25, 0.3) is 0 Å². The van der Waals surface area contributed by atoms with Crippen molar-refractivity contribution in [3.63, 3.8) is 0 Å². The van der Waals surface area contributed by atoms with Crippen LogP contribution in [0.25, 0.3) is 17.1 Å². The van der Waals surface area contributed by atoms with E-state index in [-0.39, 0.29) is 47.9 Å². The number of rotatable bonds is 9. The monoisotopic (exact) mass is 521 g/mol. The Bertz CT molecular complexity index is 1150. The molecule has 1 aromatic heterocycles. The van der Waals surface area contributed by atoms with Crippen molar-refractivity contribution in [2.75, 3.05) is 30.4 Å². The average Bonchev–Trinajstić information content (AvgIpc) is 3.48. The fourth-order valence-electron chi connectivity index (χ4n) is 3.05. The molecular formula is C21H17F5N5NaO4. The molecule has 0 spiro atoms. The second-order valence-electron chi connectivity index (χ2n) is 7.14. The Hall–Kier alpha value is -2.78. The van der Waals surface area contributed by atoms with Gasteiger partial charge < -0.3 is 29.6 Å². The molecule has 0 unspecified atom stereocenters. The Morgan fingerprint density at radius 3 is 2.25 bits per heavy atom. The van der Waals surface area contributed by atoms with Crippen LogP contribution in [-0.2, 0) is 14.3 Å². The minimum absolute atomic E-state index is 0. The zero-order chi connectivity index (χ0) is 25.1. The number of anilines is 2. The van der Waals surface area contributed by atoms with Crippen LogP contribution in [-0.4, -0.2) is 59.5 Å².